The van der Waals surface area contributed by atoms with Crippen LogP contribution in [0, 0.1) is 6.92 Å². The Morgan fingerprint density at radius 1 is 1.25 bits per heavy atom. The van der Waals surface area contributed by atoms with Crippen molar-refractivity contribution in [1.82, 2.24) is 4.98 Å². The van der Waals surface area contributed by atoms with Crippen LogP contribution in [0.15, 0.2) is 41.6 Å². The first kappa shape index (κ1) is 18.0. The molecule has 0 atom stereocenters. The summed E-state index contributed by atoms with van der Waals surface area (Å²) in [4.78, 5) is 27.5. The molecule has 2 rings (SSSR count). The molecule has 126 valence electrons. The number of aromatic nitrogens is 1. The highest BCUT2D eigenvalue weighted by Gasteiger charge is 2.15. The highest BCUT2D eigenvalue weighted by atomic mass is 32.2. The third-order valence-corrected chi connectivity index (χ3v) is 4.54. The molecule has 0 spiro atoms. The van der Waals surface area contributed by atoms with E-state index in [1.807, 2.05) is 25.1 Å². The van der Waals surface area contributed by atoms with Gasteiger partial charge in [-0.2, -0.15) is 0 Å². The van der Waals surface area contributed by atoms with Gasteiger partial charge >= 0.3 is 5.97 Å². The summed E-state index contributed by atoms with van der Waals surface area (Å²) < 4.78 is 0. The van der Waals surface area contributed by atoms with Crippen molar-refractivity contribution in [1.29, 1.82) is 0 Å². The van der Waals surface area contributed by atoms with E-state index in [2.05, 4.69) is 24.1 Å². The summed E-state index contributed by atoms with van der Waals surface area (Å²) >= 11 is 1.12. The van der Waals surface area contributed by atoms with Crippen LogP contribution < -0.4 is 5.32 Å². The summed E-state index contributed by atoms with van der Waals surface area (Å²) in [7, 11) is 0. The lowest BCUT2D eigenvalue weighted by atomic mass is 9.98. The first-order valence-corrected chi connectivity index (χ1v) is 8.59. The van der Waals surface area contributed by atoms with Crippen LogP contribution in [0.1, 0.15) is 41.3 Å². The topological polar surface area (TPSA) is 79.3 Å². The molecule has 0 aliphatic rings. The molecule has 5 nitrogen and oxygen atoms in total. The molecule has 1 aromatic heterocycles. The maximum Gasteiger partial charge on any atom is 0.338 e. The summed E-state index contributed by atoms with van der Waals surface area (Å²) in [6.45, 7) is 6.11. The lowest BCUT2D eigenvalue weighted by molar-refractivity contribution is -0.113. The van der Waals surface area contributed by atoms with E-state index in [9.17, 15) is 9.59 Å². The van der Waals surface area contributed by atoms with Gasteiger partial charge in [0.25, 0.3) is 0 Å². The number of aryl methyl sites for hydroxylation is 1. The summed E-state index contributed by atoms with van der Waals surface area (Å²) in [5, 5.41) is 12.4. The number of nitrogens with one attached hydrogen (secondary N) is 1. The lowest BCUT2D eigenvalue weighted by Gasteiger charge is -2.16. The van der Waals surface area contributed by atoms with Gasteiger partial charge in [-0.25, -0.2) is 9.78 Å². The van der Waals surface area contributed by atoms with Gasteiger partial charge in [0.05, 0.1) is 11.3 Å². The van der Waals surface area contributed by atoms with Gasteiger partial charge < -0.3 is 10.4 Å². The minimum Gasteiger partial charge on any atom is -0.478 e. The number of rotatable bonds is 6. The Labute approximate surface area is 145 Å². The quantitative estimate of drug-likeness (QED) is 0.776. The number of para-hydroxylation sites is 1. The summed E-state index contributed by atoms with van der Waals surface area (Å²) in [6.07, 6.45) is 1.52. The van der Waals surface area contributed by atoms with E-state index >= 15 is 0 Å². The molecule has 0 radical (unpaired) electrons. The number of benzene rings is 1. The second-order valence-electron chi connectivity index (χ2n) is 5.69. The Hall–Kier alpha value is -2.34. The van der Waals surface area contributed by atoms with Gasteiger partial charge in [0.2, 0.25) is 5.91 Å². The number of hydrogen-bond acceptors (Lipinski definition) is 4. The van der Waals surface area contributed by atoms with Crippen LogP contribution in [-0.4, -0.2) is 27.7 Å². The third-order valence-electron chi connectivity index (χ3n) is 3.53. The minimum absolute atomic E-state index is 0.100. The van der Waals surface area contributed by atoms with Crippen LogP contribution in [0.4, 0.5) is 5.69 Å². The van der Waals surface area contributed by atoms with Gasteiger partial charge in [-0.3, -0.25) is 4.79 Å². The third kappa shape index (κ3) is 4.35. The van der Waals surface area contributed by atoms with Gasteiger partial charge in [0, 0.05) is 11.9 Å². The maximum atomic E-state index is 12.3. The van der Waals surface area contributed by atoms with Gasteiger partial charge in [0.1, 0.15) is 5.03 Å². The monoisotopic (exact) mass is 344 g/mol. The first-order valence-electron chi connectivity index (χ1n) is 7.60. The van der Waals surface area contributed by atoms with Crippen molar-refractivity contribution in [3.63, 3.8) is 0 Å². The van der Waals surface area contributed by atoms with E-state index in [4.69, 9.17) is 5.11 Å². The number of carboxylic acids is 1. The van der Waals surface area contributed by atoms with Crippen molar-refractivity contribution in [2.75, 3.05) is 11.1 Å². The first-order chi connectivity index (χ1) is 11.4. The average molecular weight is 344 g/mol. The zero-order valence-electron chi connectivity index (χ0n) is 13.9. The molecule has 2 aromatic rings. The number of pyridine rings is 1. The number of carbonyl (C=O) groups is 2. The second kappa shape index (κ2) is 7.97. The second-order valence-corrected chi connectivity index (χ2v) is 6.66. The molecular formula is C18H20N2O3S. The molecule has 0 aliphatic heterocycles. The number of carboxylic acid groups (broad SMARTS) is 1. The number of nitrogens with zero attached hydrogens (tertiary/aromatic N) is 1. The fraction of sp³-hybridized carbons (Fsp3) is 0.278. The molecule has 0 aliphatic carbocycles. The Bertz CT molecular complexity index is 760. The van der Waals surface area contributed by atoms with Crippen molar-refractivity contribution in [2.45, 2.75) is 31.7 Å². The molecule has 0 fully saturated rings. The zero-order chi connectivity index (χ0) is 17.7. The smallest absolute Gasteiger partial charge is 0.338 e. The molecule has 1 heterocycles. The Morgan fingerprint density at radius 2 is 2.00 bits per heavy atom. The van der Waals surface area contributed by atoms with Crippen LogP contribution in [0.5, 0.6) is 0 Å². The molecular weight excluding hydrogens is 324 g/mol. The number of amides is 1. The molecule has 0 saturated carbocycles. The van der Waals surface area contributed by atoms with Gasteiger partial charge in [-0.05, 0) is 36.1 Å². The largest absolute Gasteiger partial charge is 0.478 e. The number of thioether (sulfide) groups is 1. The molecule has 1 amide bonds. The fourth-order valence-electron chi connectivity index (χ4n) is 2.32. The fourth-order valence-corrected chi connectivity index (χ4v) is 3.11. The minimum atomic E-state index is -1.05. The number of anilines is 1. The molecule has 0 bridgehead atoms. The SMILES string of the molecule is Cc1cccc(C(C)C)c1NC(=O)CSc1ncccc1C(=O)O. The van der Waals surface area contributed by atoms with E-state index < -0.39 is 5.97 Å². The van der Waals surface area contributed by atoms with E-state index in [1.54, 1.807) is 6.07 Å². The van der Waals surface area contributed by atoms with Crippen LogP contribution in [-0.2, 0) is 4.79 Å². The van der Waals surface area contributed by atoms with Crippen molar-refractivity contribution in [2.24, 2.45) is 0 Å². The molecule has 0 saturated heterocycles. The van der Waals surface area contributed by atoms with E-state index in [-0.39, 0.29) is 17.2 Å². The molecule has 6 heteroatoms. The Kier molecular flexibility index (Phi) is 5.98. The van der Waals surface area contributed by atoms with Crippen molar-refractivity contribution in [3.8, 4) is 0 Å². The van der Waals surface area contributed by atoms with E-state index in [1.165, 1.54) is 12.3 Å². The highest BCUT2D eigenvalue weighted by molar-refractivity contribution is 8.00. The Balaban J connectivity index is 2.09. The Morgan fingerprint density at radius 3 is 2.67 bits per heavy atom. The normalized spacial score (nSPS) is 10.7. The van der Waals surface area contributed by atoms with Gasteiger partial charge in [-0.1, -0.05) is 43.8 Å². The number of carbonyl (C=O) groups excluding carboxylic acids is 1. The van der Waals surface area contributed by atoms with Crippen molar-refractivity contribution >= 4 is 29.3 Å². The standard InChI is InChI=1S/C18H20N2O3S/c1-11(2)13-7-4-6-12(3)16(13)20-15(21)10-24-17-14(18(22)23)8-5-9-19-17/h4-9,11H,10H2,1-3H3,(H,20,21)(H,22,23). The number of hydrogen-bond donors (Lipinski definition) is 2. The maximum absolute atomic E-state index is 12.3. The average Bonchev–Trinajstić information content (AvgIpc) is 2.54. The van der Waals surface area contributed by atoms with E-state index in [0.29, 0.717) is 10.9 Å². The van der Waals surface area contributed by atoms with Crippen LogP contribution in [0.25, 0.3) is 0 Å². The van der Waals surface area contributed by atoms with Crippen molar-refractivity contribution < 1.29 is 14.7 Å². The van der Waals surface area contributed by atoms with Crippen LogP contribution >= 0.6 is 11.8 Å². The summed E-state index contributed by atoms with van der Waals surface area (Å²) in [5.74, 6) is -0.837. The molecule has 1 aromatic carbocycles. The highest BCUT2D eigenvalue weighted by Crippen LogP contribution is 2.28. The number of aromatic carboxylic acids is 1. The van der Waals surface area contributed by atoms with Crippen molar-refractivity contribution in [3.05, 3.63) is 53.2 Å². The predicted octanol–water partition coefficient (Wildman–Crippen LogP) is 3.94. The van der Waals surface area contributed by atoms with Crippen LogP contribution in [0.3, 0.4) is 0 Å². The lowest BCUT2D eigenvalue weighted by Crippen LogP contribution is -2.17. The predicted molar refractivity (Wildman–Crippen MR) is 95.8 cm³/mol. The summed E-state index contributed by atoms with van der Waals surface area (Å²) in [5.41, 5.74) is 3.02. The van der Waals surface area contributed by atoms with Crippen LogP contribution in [0.2, 0.25) is 0 Å². The zero-order valence-corrected chi connectivity index (χ0v) is 14.7. The molecule has 24 heavy (non-hydrogen) atoms. The molecule has 2 N–H and O–H groups in total. The summed E-state index contributed by atoms with van der Waals surface area (Å²) in [6, 6.07) is 8.98. The van der Waals surface area contributed by atoms with Gasteiger partial charge in [-0.15, -0.1) is 0 Å². The molecule has 0 unspecified atom stereocenters. The van der Waals surface area contributed by atoms with Gasteiger partial charge in [0.15, 0.2) is 0 Å². The van der Waals surface area contributed by atoms with E-state index in [0.717, 1.165) is 28.6 Å².